The topological polar surface area (TPSA) is 12.0 Å². The second-order valence-electron chi connectivity index (χ2n) is 5.93. The third-order valence-electron chi connectivity index (χ3n) is 3.74. The molecule has 0 bridgehead atoms. The smallest absolute Gasteiger partial charge is 0.00413 e. The fraction of sp³-hybridized carbons (Fsp3) is 1.00. The highest BCUT2D eigenvalue weighted by Crippen LogP contribution is 2.51. The highest BCUT2D eigenvalue weighted by atomic mass is 14.9. The highest BCUT2D eigenvalue weighted by Gasteiger charge is 2.44. The minimum Gasteiger partial charge on any atom is -0.314 e. The van der Waals surface area contributed by atoms with Crippen molar-refractivity contribution in [2.75, 3.05) is 6.54 Å². The molecule has 1 aliphatic carbocycles. The van der Waals surface area contributed by atoms with Crippen molar-refractivity contribution in [3.63, 3.8) is 0 Å². The number of hydrogen-bond acceptors (Lipinski definition) is 1. The van der Waals surface area contributed by atoms with E-state index >= 15 is 0 Å². The van der Waals surface area contributed by atoms with Gasteiger partial charge in [-0.25, -0.2) is 0 Å². The van der Waals surface area contributed by atoms with Crippen LogP contribution in [-0.4, -0.2) is 12.6 Å². The van der Waals surface area contributed by atoms with Gasteiger partial charge in [0.1, 0.15) is 0 Å². The van der Waals surface area contributed by atoms with Gasteiger partial charge in [0.05, 0.1) is 0 Å². The monoisotopic (exact) mass is 197 g/mol. The lowest BCUT2D eigenvalue weighted by atomic mass is 9.92. The van der Waals surface area contributed by atoms with Gasteiger partial charge in [-0.1, -0.05) is 27.7 Å². The van der Waals surface area contributed by atoms with Crippen LogP contribution in [0.15, 0.2) is 0 Å². The van der Waals surface area contributed by atoms with Crippen LogP contribution in [0.5, 0.6) is 0 Å². The summed E-state index contributed by atoms with van der Waals surface area (Å²) in [6.45, 7) is 12.9. The molecule has 1 saturated carbocycles. The zero-order valence-electron chi connectivity index (χ0n) is 10.6. The first kappa shape index (κ1) is 12.0. The molecule has 0 saturated heterocycles. The maximum atomic E-state index is 3.70. The third-order valence-corrected chi connectivity index (χ3v) is 3.74. The Kier molecular flexibility index (Phi) is 4.00. The molecular weight excluding hydrogens is 170 g/mol. The van der Waals surface area contributed by atoms with Crippen molar-refractivity contribution in [1.82, 2.24) is 5.32 Å². The molecule has 1 aliphatic rings. The molecule has 0 aliphatic heterocycles. The maximum absolute atomic E-state index is 3.70. The summed E-state index contributed by atoms with van der Waals surface area (Å²) in [6.07, 6.45) is 4.17. The summed E-state index contributed by atoms with van der Waals surface area (Å²) in [7, 11) is 0. The standard InChI is InChI=1S/C13H27N/c1-10(2)8-12(5)14-9-13(6-7-13)11(3)4/h10-12,14H,6-9H2,1-5H3. The van der Waals surface area contributed by atoms with Crippen LogP contribution in [0.1, 0.15) is 53.9 Å². The van der Waals surface area contributed by atoms with Crippen LogP contribution >= 0.6 is 0 Å². The van der Waals surface area contributed by atoms with Gasteiger partial charge in [0.15, 0.2) is 0 Å². The molecule has 1 N–H and O–H groups in total. The van der Waals surface area contributed by atoms with Crippen molar-refractivity contribution in [3.8, 4) is 0 Å². The first-order valence-corrected chi connectivity index (χ1v) is 6.19. The Balaban J connectivity index is 2.20. The molecule has 84 valence electrons. The SMILES string of the molecule is CC(C)CC(C)NCC1(C(C)C)CC1. The average molecular weight is 197 g/mol. The zero-order chi connectivity index (χ0) is 10.8. The summed E-state index contributed by atoms with van der Waals surface area (Å²) in [4.78, 5) is 0. The van der Waals surface area contributed by atoms with E-state index in [1.807, 2.05) is 0 Å². The molecule has 0 amide bonds. The zero-order valence-corrected chi connectivity index (χ0v) is 10.6. The van der Waals surface area contributed by atoms with Gasteiger partial charge in [-0.3, -0.25) is 0 Å². The predicted octanol–water partition coefficient (Wildman–Crippen LogP) is 3.45. The number of rotatable bonds is 6. The molecule has 1 atom stereocenters. The quantitative estimate of drug-likeness (QED) is 0.688. The minimum absolute atomic E-state index is 0.658. The lowest BCUT2D eigenvalue weighted by Gasteiger charge is -2.24. The second-order valence-corrected chi connectivity index (χ2v) is 5.93. The minimum atomic E-state index is 0.658. The molecule has 0 heterocycles. The van der Waals surface area contributed by atoms with Gasteiger partial charge in [-0.2, -0.15) is 0 Å². The average Bonchev–Trinajstić information content (AvgIpc) is 2.79. The lowest BCUT2D eigenvalue weighted by molar-refractivity contribution is 0.311. The molecule has 1 unspecified atom stereocenters. The molecule has 0 aromatic heterocycles. The first-order chi connectivity index (χ1) is 6.46. The largest absolute Gasteiger partial charge is 0.314 e. The Hall–Kier alpha value is -0.0400. The fourth-order valence-electron chi connectivity index (χ4n) is 2.29. The van der Waals surface area contributed by atoms with Crippen LogP contribution in [0.2, 0.25) is 0 Å². The van der Waals surface area contributed by atoms with E-state index < -0.39 is 0 Å². The molecular formula is C13H27N. The molecule has 0 aromatic carbocycles. The Morgan fingerprint density at radius 2 is 1.64 bits per heavy atom. The van der Waals surface area contributed by atoms with Crippen LogP contribution in [0.3, 0.4) is 0 Å². The molecule has 1 nitrogen and oxygen atoms in total. The van der Waals surface area contributed by atoms with Gasteiger partial charge in [0.25, 0.3) is 0 Å². The maximum Gasteiger partial charge on any atom is 0.00413 e. The van der Waals surface area contributed by atoms with Crippen LogP contribution in [0.25, 0.3) is 0 Å². The summed E-state index contributed by atoms with van der Waals surface area (Å²) >= 11 is 0. The first-order valence-electron chi connectivity index (χ1n) is 6.19. The van der Waals surface area contributed by atoms with E-state index in [1.54, 1.807) is 0 Å². The van der Waals surface area contributed by atoms with E-state index in [-0.39, 0.29) is 0 Å². The Labute approximate surface area is 89.7 Å². The molecule has 1 fully saturated rings. The van der Waals surface area contributed by atoms with E-state index in [4.69, 9.17) is 0 Å². The van der Waals surface area contributed by atoms with Crippen molar-refractivity contribution in [2.24, 2.45) is 17.3 Å². The van der Waals surface area contributed by atoms with Crippen LogP contribution < -0.4 is 5.32 Å². The summed E-state index contributed by atoms with van der Waals surface area (Å²) in [6, 6.07) is 0.686. The molecule has 1 heteroatoms. The van der Waals surface area contributed by atoms with Crippen molar-refractivity contribution < 1.29 is 0 Å². The van der Waals surface area contributed by atoms with Gasteiger partial charge < -0.3 is 5.32 Å². The second kappa shape index (κ2) is 4.65. The fourth-order valence-corrected chi connectivity index (χ4v) is 2.29. The van der Waals surface area contributed by atoms with Gasteiger partial charge in [0.2, 0.25) is 0 Å². The third kappa shape index (κ3) is 3.27. The van der Waals surface area contributed by atoms with Gasteiger partial charge in [-0.15, -0.1) is 0 Å². The number of nitrogens with one attached hydrogen (secondary N) is 1. The summed E-state index contributed by atoms with van der Waals surface area (Å²) in [5, 5.41) is 3.70. The van der Waals surface area contributed by atoms with Crippen molar-refractivity contribution in [2.45, 2.75) is 59.9 Å². The van der Waals surface area contributed by atoms with E-state index in [2.05, 4.69) is 39.9 Å². The van der Waals surface area contributed by atoms with Crippen molar-refractivity contribution in [1.29, 1.82) is 0 Å². The Morgan fingerprint density at radius 1 is 1.07 bits per heavy atom. The summed E-state index contributed by atoms with van der Waals surface area (Å²) in [5.74, 6) is 1.66. The molecule has 0 aromatic rings. The Bertz CT molecular complexity index is 168. The highest BCUT2D eigenvalue weighted by molar-refractivity contribution is 4.97. The summed E-state index contributed by atoms with van der Waals surface area (Å²) < 4.78 is 0. The van der Waals surface area contributed by atoms with E-state index in [9.17, 15) is 0 Å². The van der Waals surface area contributed by atoms with Crippen LogP contribution in [-0.2, 0) is 0 Å². The van der Waals surface area contributed by atoms with Crippen LogP contribution in [0, 0.1) is 17.3 Å². The normalized spacial score (nSPS) is 21.6. The van der Waals surface area contributed by atoms with E-state index in [0.29, 0.717) is 11.5 Å². The van der Waals surface area contributed by atoms with E-state index in [0.717, 1.165) is 11.8 Å². The molecule has 0 spiro atoms. The Morgan fingerprint density at radius 3 is 2.00 bits per heavy atom. The van der Waals surface area contributed by atoms with Crippen molar-refractivity contribution in [3.05, 3.63) is 0 Å². The van der Waals surface area contributed by atoms with E-state index in [1.165, 1.54) is 25.8 Å². The van der Waals surface area contributed by atoms with Gasteiger partial charge >= 0.3 is 0 Å². The van der Waals surface area contributed by atoms with Crippen LogP contribution in [0.4, 0.5) is 0 Å². The molecule has 1 rings (SSSR count). The van der Waals surface area contributed by atoms with Crippen molar-refractivity contribution >= 4 is 0 Å². The molecule has 0 radical (unpaired) electrons. The number of hydrogen-bond donors (Lipinski definition) is 1. The predicted molar refractivity (Wildman–Crippen MR) is 63.4 cm³/mol. The lowest BCUT2D eigenvalue weighted by Crippen LogP contribution is -2.34. The molecule has 14 heavy (non-hydrogen) atoms. The van der Waals surface area contributed by atoms with Gasteiger partial charge in [-0.05, 0) is 43.4 Å². The van der Waals surface area contributed by atoms with Gasteiger partial charge in [0, 0.05) is 12.6 Å². The summed E-state index contributed by atoms with van der Waals surface area (Å²) in [5.41, 5.74) is 0.658.